The number of amides is 3. The van der Waals surface area contributed by atoms with Crippen molar-refractivity contribution in [2.24, 2.45) is 0 Å². The Morgan fingerprint density at radius 3 is 2.19 bits per heavy atom. The van der Waals surface area contributed by atoms with Crippen molar-refractivity contribution in [2.75, 3.05) is 5.32 Å². The first-order chi connectivity index (χ1) is 12.5. The lowest BCUT2D eigenvalue weighted by molar-refractivity contribution is -0.128. The van der Waals surface area contributed by atoms with E-state index in [2.05, 4.69) is 16.2 Å². The highest BCUT2D eigenvalue weighted by Gasteiger charge is 2.07. The van der Waals surface area contributed by atoms with Crippen LogP contribution in [0.3, 0.4) is 0 Å². The number of halogens is 1. The summed E-state index contributed by atoms with van der Waals surface area (Å²) in [4.78, 5) is 35.1. The molecule has 26 heavy (non-hydrogen) atoms. The number of para-hydroxylation sites is 1. The van der Waals surface area contributed by atoms with Gasteiger partial charge >= 0.3 is 0 Å². The third kappa shape index (κ3) is 7.19. The van der Waals surface area contributed by atoms with E-state index in [1.54, 1.807) is 54.6 Å². The van der Waals surface area contributed by atoms with E-state index < -0.39 is 11.8 Å². The highest BCUT2D eigenvalue weighted by molar-refractivity contribution is 6.30. The molecule has 134 valence electrons. The first-order valence-electron chi connectivity index (χ1n) is 7.90. The topological polar surface area (TPSA) is 87.3 Å². The lowest BCUT2D eigenvalue weighted by Gasteiger charge is -2.06. The molecule has 0 atom stereocenters. The fourth-order valence-electron chi connectivity index (χ4n) is 1.95. The number of carbonyl (C=O) groups is 3. The molecule has 2 rings (SSSR count). The molecule has 0 saturated heterocycles. The fourth-order valence-corrected chi connectivity index (χ4v) is 2.08. The van der Waals surface area contributed by atoms with Crippen molar-refractivity contribution in [3.05, 3.63) is 71.3 Å². The van der Waals surface area contributed by atoms with Crippen molar-refractivity contribution in [3.8, 4) is 0 Å². The van der Waals surface area contributed by atoms with Crippen LogP contribution >= 0.6 is 11.6 Å². The summed E-state index contributed by atoms with van der Waals surface area (Å²) < 4.78 is 0. The van der Waals surface area contributed by atoms with Gasteiger partial charge in [0.2, 0.25) is 11.8 Å². The van der Waals surface area contributed by atoms with E-state index in [-0.39, 0.29) is 18.7 Å². The number of benzene rings is 2. The molecule has 0 aliphatic rings. The Labute approximate surface area is 156 Å². The Morgan fingerprint density at radius 1 is 0.846 bits per heavy atom. The van der Waals surface area contributed by atoms with Crippen molar-refractivity contribution >= 4 is 41.1 Å². The molecule has 0 aliphatic carbocycles. The van der Waals surface area contributed by atoms with Crippen LogP contribution in [0.2, 0.25) is 5.02 Å². The van der Waals surface area contributed by atoms with Gasteiger partial charge in [0.05, 0.1) is 0 Å². The van der Waals surface area contributed by atoms with Gasteiger partial charge in [0.1, 0.15) is 0 Å². The number of carbonyl (C=O) groups excluding carboxylic acids is 3. The molecule has 0 saturated carbocycles. The smallest absolute Gasteiger partial charge is 0.262 e. The molecule has 6 nitrogen and oxygen atoms in total. The molecule has 2 aromatic carbocycles. The van der Waals surface area contributed by atoms with Gasteiger partial charge in [-0.2, -0.15) is 0 Å². The lowest BCUT2D eigenvalue weighted by Crippen LogP contribution is -2.41. The van der Waals surface area contributed by atoms with Crippen LogP contribution in [0.25, 0.3) is 6.08 Å². The minimum atomic E-state index is -0.484. The molecule has 0 spiro atoms. The van der Waals surface area contributed by atoms with Crippen LogP contribution in [0.1, 0.15) is 18.4 Å². The van der Waals surface area contributed by atoms with E-state index >= 15 is 0 Å². The van der Waals surface area contributed by atoms with E-state index in [4.69, 9.17) is 11.6 Å². The van der Waals surface area contributed by atoms with Gasteiger partial charge in [-0.1, -0.05) is 41.9 Å². The SMILES string of the molecule is O=C(/C=C/c1ccc(Cl)cc1)NNC(=O)CCC(=O)Nc1ccccc1. The maximum Gasteiger partial charge on any atom is 0.262 e. The van der Waals surface area contributed by atoms with Crippen LogP contribution in [0.15, 0.2) is 60.7 Å². The number of rotatable bonds is 6. The molecular formula is C19H18ClN3O3. The Kier molecular flexibility index (Phi) is 7.39. The first-order valence-corrected chi connectivity index (χ1v) is 8.28. The van der Waals surface area contributed by atoms with Gasteiger partial charge < -0.3 is 5.32 Å². The number of anilines is 1. The largest absolute Gasteiger partial charge is 0.326 e. The molecule has 3 amide bonds. The lowest BCUT2D eigenvalue weighted by atomic mass is 10.2. The van der Waals surface area contributed by atoms with Gasteiger partial charge in [0, 0.05) is 29.6 Å². The van der Waals surface area contributed by atoms with Crippen LogP contribution in [0.4, 0.5) is 5.69 Å². The second-order valence-electron chi connectivity index (χ2n) is 5.34. The quantitative estimate of drug-likeness (QED) is 0.539. The molecule has 2 aromatic rings. The van der Waals surface area contributed by atoms with Crippen LogP contribution in [-0.4, -0.2) is 17.7 Å². The summed E-state index contributed by atoms with van der Waals surface area (Å²) in [6, 6.07) is 15.9. The van der Waals surface area contributed by atoms with Crippen molar-refractivity contribution < 1.29 is 14.4 Å². The predicted molar refractivity (Wildman–Crippen MR) is 101 cm³/mol. The number of nitrogens with one attached hydrogen (secondary N) is 3. The zero-order valence-corrected chi connectivity index (χ0v) is 14.6. The van der Waals surface area contributed by atoms with E-state index in [0.717, 1.165) is 5.56 Å². The molecule has 3 N–H and O–H groups in total. The normalized spacial score (nSPS) is 10.3. The zero-order chi connectivity index (χ0) is 18.8. The van der Waals surface area contributed by atoms with Crippen LogP contribution in [0.5, 0.6) is 0 Å². The van der Waals surface area contributed by atoms with Gasteiger partial charge in [0.25, 0.3) is 5.91 Å². The van der Waals surface area contributed by atoms with E-state index in [9.17, 15) is 14.4 Å². The van der Waals surface area contributed by atoms with Crippen LogP contribution in [-0.2, 0) is 14.4 Å². The molecular weight excluding hydrogens is 354 g/mol. The number of hydrogen-bond donors (Lipinski definition) is 3. The average molecular weight is 372 g/mol. The molecule has 0 radical (unpaired) electrons. The molecule has 0 bridgehead atoms. The summed E-state index contributed by atoms with van der Waals surface area (Å²) in [5.74, 6) is -1.22. The van der Waals surface area contributed by atoms with Gasteiger partial charge in [-0.05, 0) is 35.9 Å². The van der Waals surface area contributed by atoms with Gasteiger partial charge in [-0.15, -0.1) is 0 Å². The summed E-state index contributed by atoms with van der Waals surface area (Å²) in [5.41, 5.74) is 5.98. The summed E-state index contributed by atoms with van der Waals surface area (Å²) in [7, 11) is 0. The predicted octanol–water partition coefficient (Wildman–Crippen LogP) is 2.92. The molecule has 0 aromatic heterocycles. The van der Waals surface area contributed by atoms with Gasteiger partial charge in [0.15, 0.2) is 0 Å². The van der Waals surface area contributed by atoms with E-state index in [1.165, 1.54) is 6.08 Å². The van der Waals surface area contributed by atoms with E-state index in [1.807, 2.05) is 6.07 Å². The number of hydrazine groups is 1. The Morgan fingerprint density at radius 2 is 1.50 bits per heavy atom. The summed E-state index contributed by atoms with van der Waals surface area (Å²) in [5, 5.41) is 3.28. The van der Waals surface area contributed by atoms with Crippen LogP contribution < -0.4 is 16.2 Å². The van der Waals surface area contributed by atoms with Crippen molar-refractivity contribution in [2.45, 2.75) is 12.8 Å². The van der Waals surface area contributed by atoms with Gasteiger partial charge in [-0.3, -0.25) is 25.2 Å². The summed E-state index contributed by atoms with van der Waals surface area (Å²) >= 11 is 5.78. The minimum absolute atomic E-state index is 0.0111. The van der Waals surface area contributed by atoms with Crippen molar-refractivity contribution in [1.82, 2.24) is 10.9 Å². The molecule has 7 heteroatoms. The Bertz CT molecular complexity index is 789. The zero-order valence-electron chi connectivity index (χ0n) is 13.9. The molecule has 0 heterocycles. The third-order valence-corrected chi connectivity index (χ3v) is 3.51. The highest BCUT2D eigenvalue weighted by Crippen LogP contribution is 2.10. The maximum absolute atomic E-state index is 11.7. The molecule has 0 aliphatic heterocycles. The standard InChI is InChI=1S/C19H18ClN3O3/c20-15-9-6-14(7-10-15)8-11-18(25)22-23-19(26)13-12-17(24)21-16-4-2-1-3-5-16/h1-11H,12-13H2,(H,21,24)(H,22,25)(H,23,26)/b11-8+. The highest BCUT2D eigenvalue weighted by atomic mass is 35.5. The first kappa shape index (κ1) is 19.2. The minimum Gasteiger partial charge on any atom is -0.326 e. The summed E-state index contributed by atoms with van der Waals surface area (Å²) in [6.45, 7) is 0. The summed E-state index contributed by atoms with van der Waals surface area (Å²) in [6.07, 6.45) is 2.84. The second kappa shape index (κ2) is 10.0. The van der Waals surface area contributed by atoms with Crippen molar-refractivity contribution in [3.63, 3.8) is 0 Å². The monoisotopic (exact) mass is 371 g/mol. The number of hydrogen-bond acceptors (Lipinski definition) is 3. The van der Waals surface area contributed by atoms with Gasteiger partial charge in [-0.25, -0.2) is 0 Å². The second-order valence-corrected chi connectivity index (χ2v) is 5.77. The van der Waals surface area contributed by atoms with E-state index in [0.29, 0.717) is 10.7 Å². The van der Waals surface area contributed by atoms with Crippen molar-refractivity contribution in [1.29, 1.82) is 0 Å². The average Bonchev–Trinajstić information content (AvgIpc) is 2.65. The maximum atomic E-state index is 11.7. The fraction of sp³-hybridized carbons (Fsp3) is 0.105. The van der Waals surface area contributed by atoms with Crippen LogP contribution in [0, 0.1) is 0 Å². The third-order valence-electron chi connectivity index (χ3n) is 3.26. The Balaban J connectivity index is 1.67. The Hall–Kier alpha value is -3.12. The molecule has 0 unspecified atom stereocenters. The molecule has 0 fully saturated rings.